The van der Waals surface area contributed by atoms with Gasteiger partial charge in [0.05, 0.1) is 30.2 Å². The maximum Gasteiger partial charge on any atom is 0.268 e. The molecule has 1 aromatic heterocycles. The number of aryl methyl sites for hydroxylation is 2. The van der Waals surface area contributed by atoms with E-state index in [0.29, 0.717) is 22.8 Å². The lowest BCUT2D eigenvalue weighted by atomic mass is 10.1. The van der Waals surface area contributed by atoms with Crippen LogP contribution < -0.4 is 14.4 Å². The van der Waals surface area contributed by atoms with Crippen LogP contribution in [-0.2, 0) is 21.9 Å². The van der Waals surface area contributed by atoms with Crippen molar-refractivity contribution in [3.05, 3.63) is 71.5 Å². The normalized spacial score (nSPS) is 12.3. The van der Waals surface area contributed by atoms with Gasteiger partial charge < -0.3 is 10.1 Å². The van der Waals surface area contributed by atoms with Crippen molar-refractivity contribution in [2.24, 2.45) is 7.05 Å². The van der Waals surface area contributed by atoms with Gasteiger partial charge in [-0.3, -0.25) is 13.8 Å². The van der Waals surface area contributed by atoms with Gasteiger partial charge in [0.2, 0.25) is 5.91 Å². The van der Waals surface area contributed by atoms with Gasteiger partial charge in [-0.05, 0) is 50.6 Å². The molecule has 0 fully saturated rings. The molecule has 3 aromatic rings. The number of carbonyl (C=O) groups is 1. The van der Waals surface area contributed by atoms with Crippen LogP contribution in [-0.4, -0.2) is 37.8 Å². The van der Waals surface area contributed by atoms with Crippen molar-refractivity contribution in [1.29, 1.82) is 0 Å². The van der Waals surface area contributed by atoms with Crippen LogP contribution in [0.3, 0.4) is 0 Å². The van der Waals surface area contributed by atoms with Crippen LogP contribution in [0.5, 0.6) is 5.75 Å². The third-order valence-corrected chi connectivity index (χ3v) is 7.34. The van der Waals surface area contributed by atoms with E-state index in [9.17, 15) is 13.2 Å². The predicted octanol–water partition coefficient (Wildman–Crippen LogP) is 3.12. The van der Waals surface area contributed by atoms with Crippen LogP contribution in [0.25, 0.3) is 0 Å². The fourth-order valence-electron chi connectivity index (χ4n) is 3.54. The molecule has 0 spiro atoms. The summed E-state index contributed by atoms with van der Waals surface area (Å²) in [4.78, 5) is 13.0. The maximum atomic E-state index is 13.7. The molecule has 8 nitrogen and oxygen atoms in total. The van der Waals surface area contributed by atoms with E-state index in [0.717, 1.165) is 9.87 Å². The van der Waals surface area contributed by atoms with Crippen molar-refractivity contribution >= 4 is 21.6 Å². The number of nitrogens with zero attached hydrogens (tertiary/aromatic N) is 3. The molecule has 32 heavy (non-hydrogen) atoms. The molecule has 2 aromatic carbocycles. The zero-order valence-corrected chi connectivity index (χ0v) is 19.7. The quantitative estimate of drug-likeness (QED) is 0.562. The van der Waals surface area contributed by atoms with Gasteiger partial charge >= 0.3 is 0 Å². The zero-order valence-electron chi connectivity index (χ0n) is 18.9. The highest BCUT2D eigenvalue weighted by Crippen LogP contribution is 2.29. The lowest BCUT2D eigenvalue weighted by Crippen LogP contribution is -2.41. The second-order valence-electron chi connectivity index (χ2n) is 7.53. The molecular weight excluding hydrogens is 428 g/mol. The van der Waals surface area contributed by atoms with Gasteiger partial charge in [0.25, 0.3) is 10.0 Å². The molecule has 0 saturated heterocycles. The van der Waals surface area contributed by atoms with Crippen molar-refractivity contribution in [1.82, 2.24) is 15.1 Å². The topological polar surface area (TPSA) is 93.5 Å². The summed E-state index contributed by atoms with van der Waals surface area (Å²) in [5, 5.41) is 7.12. The standard InChI is InChI=1S/C23H28N4O4S/c1-16(19-9-7-6-8-10-19)24-22(28)15-27(20-11-13-21(31-5)14-12-20)32(29,30)23-17(2)25-26(4)18(23)3/h6-14,16H,15H2,1-5H3,(H,24,28)/t16-/m0/s1. The fraction of sp³-hybridized carbons (Fsp3) is 0.304. The number of rotatable bonds is 8. The summed E-state index contributed by atoms with van der Waals surface area (Å²) in [6.07, 6.45) is 0. The molecule has 1 atom stereocenters. The van der Waals surface area contributed by atoms with Crippen molar-refractivity contribution in [3.63, 3.8) is 0 Å². The summed E-state index contributed by atoms with van der Waals surface area (Å²) in [5.74, 6) is 0.168. The molecule has 3 rings (SSSR count). The number of nitrogens with one attached hydrogen (secondary N) is 1. The van der Waals surface area contributed by atoms with Crippen molar-refractivity contribution in [3.8, 4) is 5.75 Å². The molecular formula is C23H28N4O4S. The first-order chi connectivity index (χ1) is 15.1. The van der Waals surface area contributed by atoms with Crippen LogP contribution in [0.4, 0.5) is 5.69 Å². The number of hydrogen-bond acceptors (Lipinski definition) is 5. The van der Waals surface area contributed by atoms with Gasteiger partial charge in [-0.1, -0.05) is 30.3 Å². The SMILES string of the molecule is COc1ccc(N(CC(=O)N[C@@H](C)c2ccccc2)S(=O)(=O)c2c(C)nn(C)c2C)cc1. The fourth-order valence-corrected chi connectivity index (χ4v) is 5.37. The minimum atomic E-state index is -4.06. The number of ether oxygens (including phenoxy) is 1. The first-order valence-electron chi connectivity index (χ1n) is 10.2. The largest absolute Gasteiger partial charge is 0.497 e. The third kappa shape index (κ3) is 4.77. The van der Waals surface area contributed by atoms with E-state index >= 15 is 0 Å². The Morgan fingerprint density at radius 3 is 2.28 bits per heavy atom. The monoisotopic (exact) mass is 456 g/mol. The lowest BCUT2D eigenvalue weighted by molar-refractivity contribution is -0.120. The number of aromatic nitrogens is 2. The molecule has 1 heterocycles. The van der Waals surface area contributed by atoms with Gasteiger partial charge in [-0.2, -0.15) is 5.10 Å². The van der Waals surface area contributed by atoms with Gasteiger partial charge in [0.15, 0.2) is 0 Å². The molecule has 9 heteroatoms. The average Bonchev–Trinajstić information content (AvgIpc) is 3.04. The highest BCUT2D eigenvalue weighted by Gasteiger charge is 2.32. The summed E-state index contributed by atoms with van der Waals surface area (Å²) in [6.45, 7) is 4.81. The molecule has 0 radical (unpaired) electrons. The van der Waals surface area contributed by atoms with Crippen LogP contribution >= 0.6 is 0 Å². The van der Waals surface area contributed by atoms with E-state index in [1.807, 2.05) is 37.3 Å². The number of amides is 1. The first kappa shape index (κ1) is 23.3. The van der Waals surface area contributed by atoms with Gasteiger partial charge in [0, 0.05) is 7.05 Å². The Morgan fingerprint density at radius 1 is 1.12 bits per heavy atom. The Labute approximate surface area is 188 Å². The van der Waals surface area contributed by atoms with Crippen molar-refractivity contribution < 1.29 is 17.9 Å². The predicted molar refractivity (Wildman–Crippen MR) is 123 cm³/mol. The Bertz CT molecular complexity index is 1190. The average molecular weight is 457 g/mol. The number of benzene rings is 2. The van der Waals surface area contributed by atoms with E-state index in [1.165, 1.54) is 11.8 Å². The maximum absolute atomic E-state index is 13.7. The zero-order chi connectivity index (χ0) is 23.5. The lowest BCUT2D eigenvalue weighted by Gasteiger charge is -2.25. The molecule has 0 saturated carbocycles. The minimum absolute atomic E-state index is 0.0970. The van der Waals surface area contributed by atoms with Gasteiger partial charge in [-0.15, -0.1) is 0 Å². The summed E-state index contributed by atoms with van der Waals surface area (Å²) >= 11 is 0. The summed E-state index contributed by atoms with van der Waals surface area (Å²) < 4.78 is 35.2. The number of carbonyl (C=O) groups excluding carboxylic acids is 1. The summed E-state index contributed by atoms with van der Waals surface area (Å²) in [5.41, 5.74) is 2.16. The molecule has 0 aliphatic heterocycles. The van der Waals surface area contributed by atoms with E-state index in [-0.39, 0.29) is 17.5 Å². The van der Waals surface area contributed by atoms with Gasteiger partial charge in [0.1, 0.15) is 17.2 Å². The third-order valence-electron chi connectivity index (χ3n) is 5.32. The number of sulfonamides is 1. The second-order valence-corrected chi connectivity index (χ2v) is 9.33. The molecule has 0 unspecified atom stereocenters. The minimum Gasteiger partial charge on any atom is -0.497 e. The number of methoxy groups -OCH3 is 1. The van der Waals surface area contributed by atoms with Crippen LogP contribution in [0.2, 0.25) is 0 Å². The smallest absolute Gasteiger partial charge is 0.268 e. The summed E-state index contributed by atoms with van der Waals surface area (Å²) in [7, 11) is -0.841. The molecule has 0 bridgehead atoms. The van der Waals surface area contributed by atoms with E-state index in [4.69, 9.17) is 4.74 Å². The highest BCUT2D eigenvalue weighted by atomic mass is 32.2. The van der Waals surface area contributed by atoms with Crippen molar-refractivity contribution in [2.45, 2.75) is 31.7 Å². The Kier molecular flexibility index (Phi) is 6.88. The van der Waals surface area contributed by atoms with Crippen LogP contribution in [0, 0.1) is 13.8 Å². The molecule has 0 aliphatic rings. The molecule has 1 amide bonds. The number of hydrogen-bond donors (Lipinski definition) is 1. The van der Waals surface area contributed by atoms with E-state index in [1.54, 1.807) is 45.2 Å². The first-order valence-corrected chi connectivity index (χ1v) is 11.6. The van der Waals surface area contributed by atoms with E-state index < -0.39 is 15.9 Å². The Balaban J connectivity index is 1.96. The number of anilines is 1. The molecule has 0 aliphatic carbocycles. The van der Waals surface area contributed by atoms with Crippen LogP contribution in [0.1, 0.15) is 29.9 Å². The summed E-state index contributed by atoms with van der Waals surface area (Å²) in [6, 6.07) is 15.8. The molecule has 1 N–H and O–H groups in total. The Morgan fingerprint density at radius 2 is 1.75 bits per heavy atom. The highest BCUT2D eigenvalue weighted by molar-refractivity contribution is 7.93. The van der Waals surface area contributed by atoms with Crippen LogP contribution in [0.15, 0.2) is 59.5 Å². The van der Waals surface area contributed by atoms with Crippen molar-refractivity contribution in [2.75, 3.05) is 18.0 Å². The second kappa shape index (κ2) is 9.44. The van der Waals surface area contributed by atoms with Gasteiger partial charge in [-0.25, -0.2) is 8.42 Å². The molecule has 170 valence electrons. The van der Waals surface area contributed by atoms with E-state index in [2.05, 4.69) is 10.4 Å². The Hall–Kier alpha value is -3.33.